The number of aromatic hydroxyl groups is 1. The highest BCUT2D eigenvalue weighted by Crippen LogP contribution is 2.45. The zero-order chi connectivity index (χ0) is 31.3. The first-order valence-corrected chi connectivity index (χ1v) is 16.0. The molecule has 4 N–H and O–H groups in total. The van der Waals surface area contributed by atoms with Crippen LogP contribution < -0.4 is 15.4 Å². The summed E-state index contributed by atoms with van der Waals surface area (Å²) in [6, 6.07) is 7.87. The first kappa shape index (κ1) is 34.5. The molecule has 11 nitrogen and oxygen atoms in total. The molecule has 3 aliphatic heterocycles. The molecule has 4 aliphatic rings. The molecule has 2 atom stereocenters. The Hall–Kier alpha value is -3.41. The van der Waals surface area contributed by atoms with E-state index in [2.05, 4.69) is 27.4 Å². The maximum atomic E-state index is 13.6. The second-order valence-electron chi connectivity index (χ2n) is 12.3. The van der Waals surface area contributed by atoms with Crippen molar-refractivity contribution in [3.63, 3.8) is 0 Å². The first-order chi connectivity index (χ1) is 21.3. The third-order valence-electron chi connectivity index (χ3n) is 9.46. The number of benzene rings is 1. The molecule has 6 rings (SSSR count). The van der Waals surface area contributed by atoms with E-state index in [-0.39, 0.29) is 41.8 Å². The van der Waals surface area contributed by atoms with Gasteiger partial charge in [-0.3, -0.25) is 24.3 Å². The van der Waals surface area contributed by atoms with Crippen LogP contribution in [0.2, 0.25) is 0 Å². The summed E-state index contributed by atoms with van der Waals surface area (Å²) in [5, 5.41) is 26.0. The number of ether oxygens (including phenoxy) is 1. The van der Waals surface area contributed by atoms with Crippen molar-refractivity contribution in [2.75, 3.05) is 26.7 Å². The minimum absolute atomic E-state index is 0. The number of hydrogen-bond donors (Lipinski definition) is 4. The van der Waals surface area contributed by atoms with E-state index < -0.39 is 17.7 Å². The minimum Gasteiger partial charge on any atom is -0.506 e. The van der Waals surface area contributed by atoms with E-state index in [1.807, 2.05) is 4.90 Å². The Balaban J connectivity index is 0.000000322. The monoisotopic (exact) mass is 643 g/mol. The number of fused-ring (bicyclic) bond motifs is 1. The largest absolute Gasteiger partial charge is 0.506 e. The maximum absolute atomic E-state index is 13.6. The van der Waals surface area contributed by atoms with Crippen molar-refractivity contribution in [2.24, 2.45) is 5.92 Å². The Bertz CT molecular complexity index is 1330. The molecule has 1 aromatic heterocycles. The highest BCUT2D eigenvalue weighted by molar-refractivity contribution is 6.00. The van der Waals surface area contributed by atoms with E-state index in [0.717, 1.165) is 55.7 Å². The summed E-state index contributed by atoms with van der Waals surface area (Å²) < 4.78 is 4.99. The maximum Gasteiger partial charge on any atom is 0.251 e. The molecule has 2 aromatic rings. The van der Waals surface area contributed by atoms with Gasteiger partial charge in [-0.1, -0.05) is 32.6 Å². The fourth-order valence-electron chi connectivity index (χ4n) is 6.73. The second-order valence-corrected chi connectivity index (χ2v) is 12.3. The topological polar surface area (TPSA) is 148 Å². The third-order valence-corrected chi connectivity index (χ3v) is 9.46. The Morgan fingerprint density at radius 2 is 1.87 bits per heavy atom. The number of rotatable bonds is 8. The Morgan fingerprint density at radius 1 is 1.13 bits per heavy atom. The van der Waals surface area contributed by atoms with Crippen LogP contribution in [0.25, 0.3) is 0 Å². The van der Waals surface area contributed by atoms with Crippen molar-refractivity contribution in [2.45, 2.75) is 88.9 Å². The molecule has 3 fully saturated rings. The van der Waals surface area contributed by atoms with Crippen LogP contribution in [0.1, 0.15) is 80.8 Å². The first-order valence-electron chi connectivity index (χ1n) is 16.0. The molecule has 1 aliphatic carbocycles. The van der Waals surface area contributed by atoms with Crippen molar-refractivity contribution in [1.82, 2.24) is 25.4 Å². The molecule has 0 bridgehead atoms. The molecule has 1 aromatic carbocycles. The summed E-state index contributed by atoms with van der Waals surface area (Å²) in [6.45, 7) is 4.65. The average Bonchev–Trinajstić information content (AvgIpc) is 3.84. The van der Waals surface area contributed by atoms with Crippen molar-refractivity contribution in [3.8, 4) is 17.2 Å². The number of amides is 3. The van der Waals surface area contributed by atoms with Crippen LogP contribution >= 0.6 is 12.4 Å². The molecule has 246 valence electrons. The van der Waals surface area contributed by atoms with Gasteiger partial charge in [-0.15, -0.1) is 12.4 Å². The summed E-state index contributed by atoms with van der Waals surface area (Å²) in [6.07, 6.45) is 8.71. The molecule has 3 amide bonds. The predicted molar refractivity (Wildman–Crippen MR) is 171 cm³/mol. The number of nitrogens with one attached hydrogen (secondary N) is 2. The molecule has 12 heteroatoms. The van der Waals surface area contributed by atoms with E-state index in [4.69, 9.17) is 4.74 Å². The van der Waals surface area contributed by atoms with Gasteiger partial charge in [0, 0.05) is 38.8 Å². The third kappa shape index (κ3) is 7.88. The van der Waals surface area contributed by atoms with Gasteiger partial charge in [0.25, 0.3) is 5.91 Å². The van der Waals surface area contributed by atoms with Gasteiger partial charge in [0.15, 0.2) is 11.5 Å². The Labute approximate surface area is 271 Å². The Morgan fingerprint density at radius 3 is 2.49 bits per heavy atom. The predicted octanol–water partition coefficient (Wildman–Crippen LogP) is 3.76. The van der Waals surface area contributed by atoms with E-state index in [0.29, 0.717) is 44.6 Å². The molecule has 2 saturated heterocycles. The van der Waals surface area contributed by atoms with Crippen LogP contribution in [0.3, 0.4) is 0 Å². The van der Waals surface area contributed by atoms with E-state index in [1.54, 1.807) is 37.4 Å². The number of carbonyl (C=O) groups is 3. The van der Waals surface area contributed by atoms with E-state index in [1.165, 1.54) is 12.6 Å². The van der Waals surface area contributed by atoms with Crippen molar-refractivity contribution in [3.05, 3.63) is 47.8 Å². The number of piperazine rings is 1. The number of unbranched alkanes of at least 4 members (excludes halogenated alkanes) is 1. The van der Waals surface area contributed by atoms with Crippen LogP contribution in [0.4, 0.5) is 0 Å². The van der Waals surface area contributed by atoms with Crippen molar-refractivity contribution < 1.29 is 29.3 Å². The quantitative estimate of drug-likeness (QED) is 0.271. The molecule has 0 radical (unpaired) electrons. The lowest BCUT2D eigenvalue weighted by Crippen LogP contribution is -2.75. The standard InChI is InChI=1S/C25H38N4O4.C8H7NO2.ClH/c1-2-3-13-29-23(32)21(22(31)18-7-5-4-6-8-18)27-24(33)25(29)11-14-28(15-12-25)17-19-9-10-20(30)16-26-19;1-9-8(10)5-2-3-6-7(4-5)11-6;/h9-10,16,18,21-22,30-31H,2-8,11-15,17H2,1H3,(H,27,33);2-4H,1H3,(H,9,10);1H/t21-,22-;;/m1../s1. The van der Waals surface area contributed by atoms with Crippen LogP contribution in [-0.2, 0) is 16.1 Å². The zero-order valence-electron chi connectivity index (χ0n) is 26.2. The van der Waals surface area contributed by atoms with Crippen molar-refractivity contribution >= 4 is 30.1 Å². The molecule has 45 heavy (non-hydrogen) atoms. The highest BCUT2D eigenvalue weighted by Gasteiger charge is 2.55. The summed E-state index contributed by atoms with van der Waals surface area (Å²) >= 11 is 0. The number of likely N-dealkylation sites (tertiary alicyclic amines) is 1. The number of hydrogen-bond acceptors (Lipinski definition) is 8. The summed E-state index contributed by atoms with van der Waals surface area (Å²) in [5.74, 6) is 1.60. The fraction of sp³-hybridized carbons (Fsp3) is 0.576. The number of halogens is 1. The number of piperidine rings is 1. The van der Waals surface area contributed by atoms with E-state index in [9.17, 15) is 24.6 Å². The van der Waals surface area contributed by atoms with Crippen LogP contribution in [-0.4, -0.2) is 87.1 Å². The van der Waals surface area contributed by atoms with E-state index >= 15 is 0 Å². The van der Waals surface area contributed by atoms with Crippen molar-refractivity contribution in [1.29, 1.82) is 0 Å². The minimum atomic E-state index is -0.839. The lowest BCUT2D eigenvalue weighted by atomic mass is 9.78. The lowest BCUT2D eigenvalue weighted by Gasteiger charge is -2.52. The number of pyridine rings is 1. The van der Waals surface area contributed by atoms with Crippen LogP contribution in [0.5, 0.6) is 17.2 Å². The normalized spacial score (nSPS) is 21.3. The SMILES string of the molecule is CCCCN1C(=O)[C@@H]([C@H](O)C2CCCCC2)NC(=O)C12CCN(Cc1ccc(O)cn1)CC2.CNC(=O)c1ccc2c(c1)O2.Cl. The van der Waals surface area contributed by atoms with Crippen LogP contribution in [0.15, 0.2) is 36.5 Å². The molecule has 1 spiro atoms. The number of aliphatic hydroxyl groups excluding tert-OH is 1. The van der Waals surface area contributed by atoms with Gasteiger partial charge in [-0.2, -0.15) is 0 Å². The molecule has 0 unspecified atom stereocenters. The number of carbonyl (C=O) groups excluding carboxylic acids is 3. The van der Waals surface area contributed by atoms with Gasteiger partial charge in [0.2, 0.25) is 11.8 Å². The van der Waals surface area contributed by atoms with Gasteiger partial charge in [-0.25, -0.2) is 0 Å². The summed E-state index contributed by atoms with van der Waals surface area (Å²) in [7, 11) is 1.61. The second kappa shape index (κ2) is 15.2. The van der Waals surface area contributed by atoms with Gasteiger partial charge >= 0.3 is 0 Å². The van der Waals surface area contributed by atoms with Crippen LogP contribution in [0, 0.1) is 5.92 Å². The molecular weight excluding hydrogens is 598 g/mol. The zero-order valence-corrected chi connectivity index (χ0v) is 27.0. The molecule has 4 heterocycles. The van der Waals surface area contributed by atoms with Gasteiger partial charge < -0.3 is 30.5 Å². The molecular formula is C33H46ClN5O6. The summed E-state index contributed by atoms with van der Waals surface area (Å²) in [4.78, 5) is 46.5. The van der Waals surface area contributed by atoms with Gasteiger partial charge in [-0.05, 0) is 68.4 Å². The molecule has 1 saturated carbocycles. The average molecular weight is 644 g/mol. The lowest BCUT2D eigenvalue weighted by molar-refractivity contribution is -0.166. The van der Waals surface area contributed by atoms with Gasteiger partial charge in [0.1, 0.15) is 17.3 Å². The smallest absolute Gasteiger partial charge is 0.251 e. The number of nitrogens with zero attached hydrogens (tertiary/aromatic N) is 3. The number of aliphatic hydroxyl groups is 1. The highest BCUT2D eigenvalue weighted by atomic mass is 35.5. The fourth-order valence-corrected chi connectivity index (χ4v) is 6.73. The van der Waals surface area contributed by atoms with Gasteiger partial charge in [0.05, 0.1) is 18.0 Å². The Kier molecular flexibility index (Phi) is 11.7. The summed E-state index contributed by atoms with van der Waals surface area (Å²) in [5.41, 5.74) is 0.670. The number of aromatic nitrogens is 1.